The van der Waals surface area contributed by atoms with Crippen molar-refractivity contribution in [2.45, 2.75) is 39.5 Å². The van der Waals surface area contributed by atoms with Crippen LogP contribution in [0.25, 0.3) is 0 Å². The van der Waals surface area contributed by atoms with Crippen molar-refractivity contribution >= 4 is 0 Å². The molecule has 0 heteroatoms. The van der Waals surface area contributed by atoms with Crippen molar-refractivity contribution in [3.05, 3.63) is 36.5 Å². The van der Waals surface area contributed by atoms with Gasteiger partial charge < -0.3 is 0 Å². The molecule has 0 aromatic rings. The Balaban J connectivity index is 3.55. The lowest BCUT2D eigenvalue weighted by molar-refractivity contribution is 0.927. The van der Waals surface area contributed by atoms with Gasteiger partial charge >= 0.3 is 0 Å². The highest BCUT2D eigenvalue weighted by atomic mass is 14.0. The third-order valence-corrected chi connectivity index (χ3v) is 1.98. The van der Waals surface area contributed by atoms with Crippen LogP contribution in [0.3, 0.4) is 0 Å². The molecule has 0 aliphatic carbocycles. The summed E-state index contributed by atoms with van der Waals surface area (Å²) >= 11 is 0. The van der Waals surface area contributed by atoms with Crippen molar-refractivity contribution in [2.75, 3.05) is 0 Å². The van der Waals surface area contributed by atoms with Crippen molar-refractivity contribution in [3.8, 4) is 0 Å². The number of rotatable bonds is 6. The van der Waals surface area contributed by atoms with E-state index in [2.05, 4.69) is 33.1 Å². The molecule has 0 bridgehead atoms. The monoisotopic (exact) mass is 164 g/mol. The minimum Gasteiger partial charge on any atom is -0.103 e. The molecule has 0 radical (unpaired) electrons. The molecule has 0 aliphatic rings. The Labute approximate surface area is 76.7 Å². The molecule has 0 heterocycles. The summed E-state index contributed by atoms with van der Waals surface area (Å²) in [5, 5.41) is 0. The van der Waals surface area contributed by atoms with Crippen molar-refractivity contribution in [2.24, 2.45) is 0 Å². The molecular weight excluding hydrogens is 144 g/mol. The highest BCUT2D eigenvalue weighted by molar-refractivity contribution is 5.04. The second kappa shape index (κ2) is 6.90. The first-order valence-corrected chi connectivity index (χ1v) is 4.63. The second-order valence-electron chi connectivity index (χ2n) is 3.19. The van der Waals surface area contributed by atoms with Gasteiger partial charge in [0.05, 0.1) is 0 Å². The van der Waals surface area contributed by atoms with Crippen molar-refractivity contribution in [1.29, 1.82) is 0 Å². The van der Waals surface area contributed by atoms with Gasteiger partial charge in [0, 0.05) is 0 Å². The number of hydrogen-bond donors (Lipinski definition) is 0. The lowest BCUT2D eigenvalue weighted by Crippen LogP contribution is -1.79. The Morgan fingerprint density at radius 1 is 1.42 bits per heavy atom. The average molecular weight is 164 g/mol. The van der Waals surface area contributed by atoms with Gasteiger partial charge in [0.25, 0.3) is 0 Å². The van der Waals surface area contributed by atoms with Crippen LogP contribution in [0.15, 0.2) is 36.5 Å². The Morgan fingerprint density at radius 2 is 2.08 bits per heavy atom. The van der Waals surface area contributed by atoms with Gasteiger partial charge in [-0.2, -0.15) is 0 Å². The van der Waals surface area contributed by atoms with Crippen molar-refractivity contribution in [3.63, 3.8) is 0 Å². The standard InChI is InChI=1S/C12H20/c1-5-8-12(4)10-7-9-11(3)6-2/h5,9H,1,4,6-8,10H2,2-3H3. The summed E-state index contributed by atoms with van der Waals surface area (Å²) in [5.41, 5.74) is 2.76. The smallest absolute Gasteiger partial charge is 0.0144 e. The Bertz CT molecular complexity index is 172. The Kier molecular flexibility index (Phi) is 6.45. The molecule has 0 saturated carbocycles. The van der Waals surface area contributed by atoms with Gasteiger partial charge in [-0.3, -0.25) is 0 Å². The predicted molar refractivity (Wildman–Crippen MR) is 57.2 cm³/mol. The van der Waals surface area contributed by atoms with Crippen LogP contribution in [0, 0.1) is 0 Å². The SMILES string of the molecule is C=CCC(=C)CCC=C(C)CC. The summed E-state index contributed by atoms with van der Waals surface area (Å²) in [6, 6.07) is 0. The Hall–Kier alpha value is -0.780. The van der Waals surface area contributed by atoms with E-state index in [0.29, 0.717) is 0 Å². The first-order chi connectivity index (χ1) is 5.70. The fourth-order valence-electron chi connectivity index (χ4n) is 0.973. The normalized spacial score (nSPS) is 11.3. The Morgan fingerprint density at radius 3 is 2.58 bits per heavy atom. The number of hydrogen-bond acceptors (Lipinski definition) is 0. The van der Waals surface area contributed by atoms with E-state index >= 15 is 0 Å². The van der Waals surface area contributed by atoms with Crippen LogP contribution in [0.4, 0.5) is 0 Å². The zero-order valence-electron chi connectivity index (χ0n) is 8.40. The largest absolute Gasteiger partial charge is 0.103 e. The number of allylic oxidation sites excluding steroid dienone is 4. The average Bonchev–Trinajstić information content (AvgIpc) is 2.04. The predicted octanol–water partition coefficient (Wildman–Crippen LogP) is 4.26. The summed E-state index contributed by atoms with van der Waals surface area (Å²) in [6.45, 7) is 12.0. The zero-order chi connectivity index (χ0) is 9.40. The summed E-state index contributed by atoms with van der Waals surface area (Å²) in [5.74, 6) is 0. The van der Waals surface area contributed by atoms with Gasteiger partial charge in [-0.05, 0) is 32.6 Å². The maximum atomic E-state index is 3.97. The summed E-state index contributed by atoms with van der Waals surface area (Å²) in [7, 11) is 0. The summed E-state index contributed by atoms with van der Waals surface area (Å²) in [6.07, 6.45) is 8.57. The van der Waals surface area contributed by atoms with Crippen LogP contribution >= 0.6 is 0 Å². The second-order valence-corrected chi connectivity index (χ2v) is 3.19. The van der Waals surface area contributed by atoms with Gasteiger partial charge in [-0.1, -0.05) is 36.8 Å². The lowest BCUT2D eigenvalue weighted by Gasteiger charge is -1.99. The molecular formula is C12H20. The van der Waals surface area contributed by atoms with Crippen molar-refractivity contribution < 1.29 is 0 Å². The highest BCUT2D eigenvalue weighted by Gasteiger charge is 1.90. The van der Waals surface area contributed by atoms with Crippen molar-refractivity contribution in [1.82, 2.24) is 0 Å². The van der Waals surface area contributed by atoms with Crippen LogP contribution in [-0.4, -0.2) is 0 Å². The third kappa shape index (κ3) is 5.96. The topological polar surface area (TPSA) is 0 Å². The maximum absolute atomic E-state index is 3.97. The third-order valence-electron chi connectivity index (χ3n) is 1.98. The van der Waals surface area contributed by atoms with E-state index in [-0.39, 0.29) is 0 Å². The first-order valence-electron chi connectivity index (χ1n) is 4.63. The van der Waals surface area contributed by atoms with E-state index < -0.39 is 0 Å². The molecule has 0 aliphatic heterocycles. The molecule has 0 spiro atoms. The van der Waals surface area contributed by atoms with Gasteiger partial charge in [-0.15, -0.1) is 6.58 Å². The van der Waals surface area contributed by atoms with Gasteiger partial charge in [-0.25, -0.2) is 0 Å². The highest BCUT2D eigenvalue weighted by Crippen LogP contribution is 2.10. The van der Waals surface area contributed by atoms with Crippen LogP contribution in [0.2, 0.25) is 0 Å². The minimum absolute atomic E-state index is 0.957. The van der Waals surface area contributed by atoms with Gasteiger partial charge in [0.1, 0.15) is 0 Å². The molecule has 0 N–H and O–H groups in total. The zero-order valence-corrected chi connectivity index (χ0v) is 8.40. The first kappa shape index (κ1) is 11.2. The molecule has 0 unspecified atom stereocenters. The van der Waals surface area contributed by atoms with E-state index in [1.807, 2.05) is 6.08 Å². The summed E-state index contributed by atoms with van der Waals surface area (Å²) < 4.78 is 0. The van der Waals surface area contributed by atoms with Crippen LogP contribution in [0.1, 0.15) is 39.5 Å². The van der Waals surface area contributed by atoms with Crippen LogP contribution in [-0.2, 0) is 0 Å². The molecule has 0 aromatic carbocycles. The van der Waals surface area contributed by atoms with E-state index in [1.54, 1.807) is 0 Å². The molecule has 0 nitrogen and oxygen atoms in total. The van der Waals surface area contributed by atoms with Crippen LogP contribution < -0.4 is 0 Å². The molecule has 0 fully saturated rings. The molecule has 0 saturated heterocycles. The van der Waals surface area contributed by atoms with E-state index in [0.717, 1.165) is 25.7 Å². The summed E-state index contributed by atoms with van der Waals surface area (Å²) in [4.78, 5) is 0. The molecule has 0 amide bonds. The molecule has 0 aromatic heterocycles. The fourth-order valence-corrected chi connectivity index (χ4v) is 0.973. The van der Waals surface area contributed by atoms with Gasteiger partial charge in [0.2, 0.25) is 0 Å². The molecule has 0 rings (SSSR count). The molecule has 12 heavy (non-hydrogen) atoms. The fraction of sp³-hybridized carbons (Fsp3) is 0.500. The van der Waals surface area contributed by atoms with Crippen LogP contribution in [0.5, 0.6) is 0 Å². The maximum Gasteiger partial charge on any atom is -0.0144 e. The molecule has 0 atom stereocenters. The minimum atomic E-state index is 0.957. The molecule has 68 valence electrons. The van der Waals surface area contributed by atoms with Gasteiger partial charge in [0.15, 0.2) is 0 Å². The van der Waals surface area contributed by atoms with E-state index in [4.69, 9.17) is 0 Å². The van der Waals surface area contributed by atoms with E-state index in [1.165, 1.54) is 11.1 Å². The lowest BCUT2D eigenvalue weighted by atomic mass is 10.1. The quantitative estimate of drug-likeness (QED) is 0.515. The van der Waals surface area contributed by atoms with E-state index in [9.17, 15) is 0 Å².